The maximum absolute atomic E-state index is 11.6. The fraction of sp³-hybridized carbons (Fsp3) is 0.222. The predicted molar refractivity (Wildman–Crippen MR) is 59.5 cm³/mol. The molecule has 0 saturated heterocycles. The van der Waals surface area contributed by atoms with Crippen molar-refractivity contribution in [2.45, 2.75) is 13.0 Å². The third-order valence-corrected chi connectivity index (χ3v) is 1.93. The van der Waals surface area contributed by atoms with Gasteiger partial charge in [0.15, 0.2) is 18.2 Å². The Morgan fingerprint density at radius 3 is 2.88 bits per heavy atom. The maximum atomic E-state index is 11.6. The van der Waals surface area contributed by atoms with Gasteiger partial charge in [0, 0.05) is 6.92 Å². The monoisotopic (exact) mass is 233 g/mol. The first-order valence-corrected chi connectivity index (χ1v) is 4.66. The van der Waals surface area contributed by atoms with Crippen LogP contribution >= 0.6 is 0 Å². The Morgan fingerprint density at radius 2 is 2.24 bits per heavy atom. The van der Waals surface area contributed by atoms with Crippen LogP contribution < -0.4 is 5.32 Å². The number of rotatable bonds is 1. The van der Waals surface area contributed by atoms with E-state index in [0.29, 0.717) is 6.29 Å². The summed E-state index contributed by atoms with van der Waals surface area (Å²) in [4.78, 5) is 47.9. The second-order valence-corrected chi connectivity index (χ2v) is 3.26. The number of hydrogen-bond donors (Lipinski definition) is 1. The van der Waals surface area contributed by atoms with Crippen LogP contribution in [0.1, 0.15) is 6.92 Å². The van der Waals surface area contributed by atoms with Crippen molar-refractivity contribution < 1.29 is 14.4 Å². The third kappa shape index (κ3) is 2.19. The molecule has 1 atom stereocenters. The summed E-state index contributed by atoms with van der Waals surface area (Å²) < 4.78 is 0. The number of nitrogens with one attached hydrogen (secondary N) is 1. The number of carbonyl (C=O) groups is 3. The first-order chi connectivity index (χ1) is 8.10. The molecule has 2 amide bonds. The SMILES string of the molecule is CC(=O)NC1=NC(=O)C2N=C(C=O)C=NC2=N1. The molecule has 1 unspecified atom stereocenters. The van der Waals surface area contributed by atoms with Crippen LogP contribution in [-0.2, 0) is 14.4 Å². The lowest BCUT2D eigenvalue weighted by atomic mass is 10.2. The van der Waals surface area contributed by atoms with E-state index in [4.69, 9.17) is 0 Å². The Balaban J connectivity index is 2.30. The normalized spacial score (nSPS) is 22.1. The first-order valence-electron chi connectivity index (χ1n) is 4.66. The Morgan fingerprint density at radius 1 is 1.47 bits per heavy atom. The molecule has 2 aliphatic heterocycles. The molecule has 2 heterocycles. The van der Waals surface area contributed by atoms with Crippen LogP contribution in [0.5, 0.6) is 0 Å². The number of aldehydes is 1. The molecule has 0 aromatic carbocycles. The average molecular weight is 233 g/mol. The minimum absolute atomic E-state index is 0.0560. The van der Waals surface area contributed by atoms with Crippen molar-refractivity contribution in [2.24, 2.45) is 20.0 Å². The number of carbonyl (C=O) groups excluding carboxylic acids is 3. The van der Waals surface area contributed by atoms with E-state index in [0.717, 1.165) is 0 Å². The van der Waals surface area contributed by atoms with Crippen LogP contribution in [0, 0.1) is 0 Å². The standard InChI is InChI=1S/C9H7N5O3/c1-4(16)11-9-13-7-6(8(17)14-9)12-5(3-15)2-10-7/h2-3,6H,1H3,(H,11,14,16,17). The van der Waals surface area contributed by atoms with E-state index in [1.807, 2.05) is 0 Å². The highest BCUT2D eigenvalue weighted by atomic mass is 16.2. The maximum Gasteiger partial charge on any atom is 0.281 e. The summed E-state index contributed by atoms with van der Waals surface area (Å²) in [5.74, 6) is -1.01. The molecule has 0 aromatic rings. The highest BCUT2D eigenvalue weighted by Crippen LogP contribution is 2.09. The minimum atomic E-state index is -0.988. The molecule has 0 aromatic heterocycles. The summed E-state index contributed by atoms with van der Waals surface area (Å²) in [7, 11) is 0. The van der Waals surface area contributed by atoms with Crippen molar-refractivity contribution in [3.63, 3.8) is 0 Å². The van der Waals surface area contributed by atoms with E-state index in [9.17, 15) is 14.4 Å². The van der Waals surface area contributed by atoms with Crippen molar-refractivity contribution in [3.05, 3.63) is 0 Å². The number of nitrogens with zero attached hydrogens (tertiary/aromatic N) is 4. The smallest absolute Gasteiger partial charge is 0.281 e. The molecule has 0 radical (unpaired) electrons. The highest BCUT2D eigenvalue weighted by Gasteiger charge is 2.30. The van der Waals surface area contributed by atoms with E-state index in [1.54, 1.807) is 0 Å². The van der Waals surface area contributed by atoms with Crippen molar-refractivity contribution in [2.75, 3.05) is 0 Å². The topological polar surface area (TPSA) is 113 Å². The van der Waals surface area contributed by atoms with E-state index in [2.05, 4.69) is 25.3 Å². The molecular formula is C9H7N5O3. The van der Waals surface area contributed by atoms with Crippen molar-refractivity contribution >= 4 is 41.8 Å². The first kappa shape index (κ1) is 11.0. The molecule has 1 N–H and O–H groups in total. The summed E-state index contributed by atoms with van der Waals surface area (Å²) in [5.41, 5.74) is 0.0560. The fourth-order valence-electron chi connectivity index (χ4n) is 1.27. The van der Waals surface area contributed by atoms with Gasteiger partial charge in [0.25, 0.3) is 5.91 Å². The van der Waals surface area contributed by atoms with Crippen LogP contribution in [0.15, 0.2) is 20.0 Å². The quantitative estimate of drug-likeness (QED) is 0.556. The molecule has 0 aliphatic carbocycles. The largest absolute Gasteiger partial charge is 0.296 e. The lowest BCUT2D eigenvalue weighted by Gasteiger charge is -2.16. The summed E-state index contributed by atoms with van der Waals surface area (Å²) in [5, 5.41) is 2.28. The van der Waals surface area contributed by atoms with Gasteiger partial charge < -0.3 is 0 Å². The molecule has 0 fully saturated rings. The fourth-order valence-corrected chi connectivity index (χ4v) is 1.27. The zero-order chi connectivity index (χ0) is 12.4. The van der Waals surface area contributed by atoms with Crippen LogP contribution in [-0.4, -0.2) is 47.9 Å². The van der Waals surface area contributed by atoms with E-state index >= 15 is 0 Å². The van der Waals surface area contributed by atoms with E-state index in [1.165, 1.54) is 13.1 Å². The Labute approximate surface area is 95.3 Å². The number of amidine groups is 1. The molecule has 2 rings (SSSR count). The predicted octanol–water partition coefficient (Wildman–Crippen LogP) is -1.49. The third-order valence-electron chi connectivity index (χ3n) is 1.93. The molecule has 2 aliphatic rings. The molecule has 0 bridgehead atoms. The van der Waals surface area contributed by atoms with E-state index < -0.39 is 17.9 Å². The molecule has 86 valence electrons. The van der Waals surface area contributed by atoms with Gasteiger partial charge in [-0.15, -0.1) is 0 Å². The number of guanidine groups is 1. The van der Waals surface area contributed by atoms with Gasteiger partial charge in [-0.2, -0.15) is 9.98 Å². The van der Waals surface area contributed by atoms with Crippen LogP contribution in [0.4, 0.5) is 0 Å². The van der Waals surface area contributed by atoms with Gasteiger partial charge >= 0.3 is 0 Å². The average Bonchev–Trinajstić information content (AvgIpc) is 2.28. The zero-order valence-corrected chi connectivity index (χ0v) is 8.75. The number of aliphatic imine (C=N–C) groups is 4. The van der Waals surface area contributed by atoms with Gasteiger partial charge in [-0.05, 0) is 0 Å². The molecule has 0 spiro atoms. The Bertz CT molecular complexity index is 529. The molecule has 8 heteroatoms. The Hall–Kier alpha value is -2.51. The number of hydrogen-bond acceptors (Lipinski definition) is 6. The second kappa shape index (κ2) is 4.16. The van der Waals surface area contributed by atoms with E-state index in [-0.39, 0.29) is 17.5 Å². The zero-order valence-electron chi connectivity index (χ0n) is 8.75. The van der Waals surface area contributed by atoms with Crippen LogP contribution in [0.2, 0.25) is 0 Å². The molecule has 0 saturated carbocycles. The summed E-state index contributed by atoms with van der Waals surface area (Å²) in [6.45, 7) is 1.27. The lowest BCUT2D eigenvalue weighted by molar-refractivity contribution is -0.117. The van der Waals surface area contributed by atoms with Gasteiger partial charge in [0.05, 0.1) is 6.21 Å². The van der Waals surface area contributed by atoms with Gasteiger partial charge in [0.1, 0.15) is 5.71 Å². The van der Waals surface area contributed by atoms with Gasteiger partial charge in [-0.25, -0.2) is 4.99 Å². The second-order valence-electron chi connectivity index (χ2n) is 3.26. The molecule has 8 nitrogen and oxygen atoms in total. The number of amides is 2. The lowest BCUT2D eigenvalue weighted by Crippen LogP contribution is -2.39. The van der Waals surface area contributed by atoms with Crippen molar-refractivity contribution in [1.29, 1.82) is 0 Å². The van der Waals surface area contributed by atoms with Crippen LogP contribution in [0.25, 0.3) is 0 Å². The van der Waals surface area contributed by atoms with Gasteiger partial charge in [-0.1, -0.05) is 0 Å². The summed E-state index contributed by atoms with van der Waals surface area (Å²) in [6, 6.07) is -0.988. The summed E-state index contributed by atoms with van der Waals surface area (Å²) in [6.07, 6.45) is 1.69. The molecular weight excluding hydrogens is 226 g/mol. The van der Waals surface area contributed by atoms with Gasteiger partial charge in [-0.3, -0.25) is 24.7 Å². The number of fused-ring (bicyclic) bond motifs is 1. The van der Waals surface area contributed by atoms with Crippen molar-refractivity contribution in [3.8, 4) is 0 Å². The minimum Gasteiger partial charge on any atom is -0.296 e. The Kier molecular flexibility index (Phi) is 2.69. The molecule has 17 heavy (non-hydrogen) atoms. The van der Waals surface area contributed by atoms with Gasteiger partial charge in [0.2, 0.25) is 11.9 Å². The van der Waals surface area contributed by atoms with Crippen LogP contribution in [0.3, 0.4) is 0 Å². The van der Waals surface area contributed by atoms with Crippen molar-refractivity contribution in [1.82, 2.24) is 5.32 Å². The highest BCUT2D eigenvalue weighted by molar-refractivity contribution is 6.56. The summed E-state index contributed by atoms with van der Waals surface area (Å²) >= 11 is 0.